The summed E-state index contributed by atoms with van der Waals surface area (Å²) in [6.07, 6.45) is 0. The molecule has 0 saturated carbocycles. The van der Waals surface area contributed by atoms with Crippen LogP contribution in [0, 0.1) is 24.5 Å². The molecule has 0 aliphatic rings. The summed E-state index contributed by atoms with van der Waals surface area (Å²) in [7, 11) is 0. The highest BCUT2D eigenvalue weighted by Crippen LogP contribution is 2.43. The number of hydrogen-bond donors (Lipinski definition) is 0. The Hall–Kier alpha value is -7.39. The van der Waals surface area contributed by atoms with Crippen molar-refractivity contribution in [3.05, 3.63) is 180 Å². The molecule has 2 aromatic heterocycles. The first-order chi connectivity index (χ1) is 24.7. The molecule has 5 heteroatoms. The van der Waals surface area contributed by atoms with Gasteiger partial charge in [0.2, 0.25) is 5.69 Å². The van der Waals surface area contributed by atoms with Gasteiger partial charge >= 0.3 is 0 Å². The molecular formula is C45H25N5. The second-order valence-electron chi connectivity index (χ2n) is 12.2. The SMILES string of the molecule is [C-]#[N+]c1ccc(-n2c3ccccc3c3ccccc32)cc1-c1cccc(-c2cccc([N+]#[C-])c2-n2c3ccccc3c3cc(C#N)ccc32)c1. The summed E-state index contributed by atoms with van der Waals surface area (Å²) >= 11 is 0. The molecule has 7 aromatic carbocycles. The van der Waals surface area contributed by atoms with Crippen LogP contribution < -0.4 is 0 Å². The number of benzene rings is 7. The van der Waals surface area contributed by atoms with E-state index in [1.165, 1.54) is 10.8 Å². The van der Waals surface area contributed by atoms with Crippen LogP contribution in [0.3, 0.4) is 0 Å². The smallest absolute Gasteiger partial charge is 0.211 e. The van der Waals surface area contributed by atoms with Gasteiger partial charge in [0, 0.05) is 27.2 Å². The van der Waals surface area contributed by atoms with Crippen molar-refractivity contribution in [3.63, 3.8) is 0 Å². The molecule has 9 rings (SSSR count). The number of rotatable bonds is 4. The molecule has 0 aliphatic heterocycles. The Labute approximate surface area is 288 Å². The Morgan fingerprint density at radius 2 is 1.04 bits per heavy atom. The van der Waals surface area contributed by atoms with E-state index in [9.17, 15) is 5.26 Å². The molecule has 0 amide bonds. The first kappa shape index (κ1) is 28.8. The highest BCUT2D eigenvalue weighted by Gasteiger charge is 2.20. The van der Waals surface area contributed by atoms with Crippen molar-refractivity contribution < 1.29 is 0 Å². The van der Waals surface area contributed by atoms with Gasteiger partial charge in [0.25, 0.3) is 0 Å². The van der Waals surface area contributed by atoms with Crippen molar-refractivity contribution >= 4 is 55.0 Å². The Morgan fingerprint density at radius 3 is 1.70 bits per heavy atom. The summed E-state index contributed by atoms with van der Waals surface area (Å²) in [5, 5.41) is 14.0. The average molecular weight is 636 g/mol. The minimum atomic E-state index is 0.523. The fraction of sp³-hybridized carbons (Fsp3) is 0. The number of para-hydroxylation sites is 4. The Bertz CT molecular complexity index is 2920. The topological polar surface area (TPSA) is 42.4 Å². The lowest BCUT2D eigenvalue weighted by Crippen LogP contribution is -1.98. The quantitative estimate of drug-likeness (QED) is 0.177. The van der Waals surface area contributed by atoms with Crippen molar-refractivity contribution in [1.82, 2.24) is 9.13 Å². The van der Waals surface area contributed by atoms with Gasteiger partial charge in [-0.2, -0.15) is 5.26 Å². The molecule has 50 heavy (non-hydrogen) atoms. The monoisotopic (exact) mass is 635 g/mol. The van der Waals surface area contributed by atoms with E-state index in [-0.39, 0.29) is 0 Å². The van der Waals surface area contributed by atoms with Crippen LogP contribution in [-0.4, -0.2) is 9.13 Å². The minimum absolute atomic E-state index is 0.523. The van der Waals surface area contributed by atoms with Crippen LogP contribution in [0.25, 0.3) is 86.9 Å². The zero-order valence-corrected chi connectivity index (χ0v) is 26.7. The summed E-state index contributed by atoms with van der Waals surface area (Å²) in [4.78, 5) is 7.93. The molecule has 0 saturated heterocycles. The van der Waals surface area contributed by atoms with E-state index >= 15 is 0 Å². The number of aromatic nitrogens is 2. The zero-order valence-electron chi connectivity index (χ0n) is 26.7. The maximum absolute atomic E-state index is 9.67. The predicted octanol–water partition coefficient (Wildman–Crippen LogP) is 12.2. The van der Waals surface area contributed by atoms with E-state index in [2.05, 4.69) is 110 Å². The molecule has 5 nitrogen and oxygen atoms in total. The van der Waals surface area contributed by atoms with Crippen molar-refractivity contribution in [2.75, 3.05) is 0 Å². The summed E-state index contributed by atoms with van der Waals surface area (Å²) in [5.74, 6) is 0. The van der Waals surface area contributed by atoms with E-state index in [1.54, 1.807) is 0 Å². The zero-order chi connectivity index (χ0) is 33.8. The van der Waals surface area contributed by atoms with Gasteiger partial charge in [-0.05, 0) is 76.9 Å². The maximum atomic E-state index is 9.67. The number of fused-ring (bicyclic) bond motifs is 6. The predicted molar refractivity (Wildman–Crippen MR) is 203 cm³/mol. The van der Waals surface area contributed by atoms with Gasteiger partial charge in [-0.15, -0.1) is 0 Å². The van der Waals surface area contributed by atoms with Crippen molar-refractivity contribution in [3.8, 4) is 39.7 Å². The van der Waals surface area contributed by atoms with Gasteiger partial charge in [0.15, 0.2) is 5.69 Å². The molecular weight excluding hydrogens is 611 g/mol. The van der Waals surface area contributed by atoms with Gasteiger partial charge in [-0.25, -0.2) is 9.69 Å². The molecule has 9 aromatic rings. The van der Waals surface area contributed by atoms with E-state index in [0.29, 0.717) is 16.9 Å². The van der Waals surface area contributed by atoms with E-state index in [0.717, 1.165) is 66.5 Å². The lowest BCUT2D eigenvalue weighted by atomic mass is 9.96. The molecule has 2 heterocycles. The molecule has 0 N–H and O–H groups in total. The lowest BCUT2D eigenvalue weighted by molar-refractivity contribution is 1.18. The normalized spacial score (nSPS) is 11.1. The van der Waals surface area contributed by atoms with Gasteiger partial charge in [-0.1, -0.05) is 97.1 Å². The largest absolute Gasteiger partial charge is 0.318 e. The summed E-state index contributed by atoms with van der Waals surface area (Å²) < 4.78 is 4.41. The minimum Gasteiger partial charge on any atom is -0.318 e. The molecule has 0 fully saturated rings. The summed E-state index contributed by atoms with van der Waals surface area (Å²) in [6, 6.07) is 53.1. The Balaban J connectivity index is 1.26. The van der Waals surface area contributed by atoms with Crippen LogP contribution in [0.4, 0.5) is 11.4 Å². The van der Waals surface area contributed by atoms with Crippen LogP contribution in [0.2, 0.25) is 0 Å². The molecule has 0 bridgehead atoms. The van der Waals surface area contributed by atoms with Crippen molar-refractivity contribution in [2.45, 2.75) is 0 Å². The van der Waals surface area contributed by atoms with Crippen LogP contribution in [0.15, 0.2) is 152 Å². The third-order valence-electron chi connectivity index (χ3n) is 9.58. The van der Waals surface area contributed by atoms with E-state index in [1.807, 2.05) is 66.7 Å². The highest BCUT2D eigenvalue weighted by molar-refractivity contribution is 6.11. The van der Waals surface area contributed by atoms with Crippen molar-refractivity contribution in [1.29, 1.82) is 5.26 Å². The van der Waals surface area contributed by atoms with Gasteiger partial charge < -0.3 is 9.13 Å². The second-order valence-corrected chi connectivity index (χ2v) is 12.2. The summed E-state index contributed by atoms with van der Waals surface area (Å²) in [6.45, 7) is 16.3. The Morgan fingerprint density at radius 1 is 0.460 bits per heavy atom. The van der Waals surface area contributed by atoms with E-state index in [4.69, 9.17) is 13.1 Å². The molecule has 230 valence electrons. The fourth-order valence-corrected chi connectivity index (χ4v) is 7.42. The number of hydrogen-bond acceptors (Lipinski definition) is 1. The highest BCUT2D eigenvalue weighted by atomic mass is 15.0. The van der Waals surface area contributed by atoms with Gasteiger partial charge in [0.05, 0.1) is 52.5 Å². The van der Waals surface area contributed by atoms with Crippen LogP contribution in [0.1, 0.15) is 5.56 Å². The second kappa shape index (κ2) is 11.4. The first-order valence-electron chi connectivity index (χ1n) is 16.2. The van der Waals surface area contributed by atoms with E-state index < -0.39 is 0 Å². The summed E-state index contributed by atoms with van der Waals surface area (Å²) in [5.41, 5.74) is 11.1. The first-order valence-corrected chi connectivity index (χ1v) is 16.2. The van der Waals surface area contributed by atoms with Crippen LogP contribution in [-0.2, 0) is 0 Å². The Kier molecular flexibility index (Phi) is 6.56. The average Bonchev–Trinajstić information content (AvgIpc) is 3.70. The third kappa shape index (κ3) is 4.31. The fourth-order valence-electron chi connectivity index (χ4n) is 7.42. The molecule has 0 atom stereocenters. The number of nitriles is 1. The standard InChI is InChI=1S/C45H25N5/c1-47-39-23-22-32(49-41-18-6-3-13-34(41)35-14-4-7-19-42(35)49)27-37(39)31-12-9-11-30(26-31)33-16-10-17-40(48-2)45(33)50-43-20-8-5-15-36(43)38-25-29(28-46)21-24-44(38)50/h3-27H. The van der Waals surface area contributed by atoms with Crippen molar-refractivity contribution in [2.24, 2.45) is 0 Å². The third-order valence-corrected chi connectivity index (χ3v) is 9.58. The van der Waals surface area contributed by atoms with Gasteiger partial charge in [0.1, 0.15) is 0 Å². The number of nitrogens with zero attached hydrogens (tertiary/aromatic N) is 5. The lowest BCUT2D eigenvalue weighted by Gasteiger charge is -2.17. The molecule has 0 radical (unpaired) electrons. The molecule has 0 spiro atoms. The van der Waals surface area contributed by atoms with Crippen LogP contribution >= 0.6 is 0 Å². The molecule has 0 aliphatic carbocycles. The van der Waals surface area contributed by atoms with Gasteiger partial charge in [-0.3, -0.25) is 0 Å². The molecule has 0 unspecified atom stereocenters. The van der Waals surface area contributed by atoms with Crippen LogP contribution in [0.5, 0.6) is 0 Å². The maximum Gasteiger partial charge on any atom is 0.211 e.